The summed E-state index contributed by atoms with van der Waals surface area (Å²) < 4.78 is 5.29. The van der Waals surface area contributed by atoms with E-state index in [0.29, 0.717) is 19.4 Å². The van der Waals surface area contributed by atoms with Crippen LogP contribution in [0.4, 0.5) is 5.82 Å². The van der Waals surface area contributed by atoms with Crippen LogP contribution in [0.25, 0.3) is 0 Å². The number of hydrogen-bond acceptors (Lipinski definition) is 5. The van der Waals surface area contributed by atoms with Gasteiger partial charge in [-0.25, -0.2) is 9.97 Å². The van der Waals surface area contributed by atoms with Crippen LogP contribution in [0, 0.1) is 6.92 Å². The van der Waals surface area contributed by atoms with Gasteiger partial charge in [0, 0.05) is 24.2 Å². The van der Waals surface area contributed by atoms with Crippen LogP contribution < -0.4 is 9.64 Å². The lowest BCUT2D eigenvalue weighted by Gasteiger charge is -2.31. The topological polar surface area (TPSA) is 58.6 Å². The second-order valence-electron chi connectivity index (χ2n) is 8.91. The van der Waals surface area contributed by atoms with Gasteiger partial charge >= 0.3 is 0 Å². The molecular weight excluding hydrogens is 412 g/mol. The molecule has 2 aliphatic heterocycles. The molecule has 0 spiro atoms. The predicted molar refractivity (Wildman–Crippen MR) is 128 cm³/mol. The number of benzene rings is 2. The number of ether oxygens (including phenoxy) is 1. The third kappa shape index (κ3) is 4.48. The van der Waals surface area contributed by atoms with Crippen LogP contribution in [0.15, 0.2) is 54.6 Å². The largest absolute Gasteiger partial charge is 0.497 e. The van der Waals surface area contributed by atoms with Crippen molar-refractivity contribution in [3.63, 3.8) is 0 Å². The van der Waals surface area contributed by atoms with Gasteiger partial charge < -0.3 is 4.74 Å². The third-order valence-corrected chi connectivity index (χ3v) is 6.74. The molecule has 33 heavy (non-hydrogen) atoms. The molecule has 3 aromatic rings. The average molecular weight is 443 g/mol. The van der Waals surface area contributed by atoms with E-state index in [9.17, 15) is 4.79 Å². The SMILES string of the molecule is COc1ccc(CN2CCCC2c2nc(C)c3c(n2)N(Cc2ccccc2)C(=O)CC3)cc1. The molecule has 1 amide bonds. The number of nitrogens with zero attached hydrogens (tertiary/aromatic N) is 4. The van der Waals surface area contributed by atoms with Crippen LogP contribution in [0.3, 0.4) is 0 Å². The molecule has 0 radical (unpaired) electrons. The summed E-state index contributed by atoms with van der Waals surface area (Å²) in [5, 5.41) is 0. The molecular formula is C27H30N4O2. The second-order valence-corrected chi connectivity index (χ2v) is 8.91. The van der Waals surface area contributed by atoms with Crippen molar-refractivity contribution in [1.29, 1.82) is 0 Å². The lowest BCUT2D eigenvalue weighted by Crippen LogP contribution is -2.37. The maximum Gasteiger partial charge on any atom is 0.228 e. The van der Waals surface area contributed by atoms with Crippen molar-refractivity contribution in [3.05, 3.63) is 82.8 Å². The number of amides is 1. The molecule has 6 heteroatoms. The molecule has 1 atom stereocenters. The van der Waals surface area contributed by atoms with Gasteiger partial charge in [0.05, 0.1) is 19.7 Å². The lowest BCUT2D eigenvalue weighted by atomic mass is 10.0. The highest BCUT2D eigenvalue weighted by atomic mass is 16.5. The van der Waals surface area contributed by atoms with E-state index < -0.39 is 0 Å². The fourth-order valence-electron chi connectivity index (χ4n) is 4.95. The summed E-state index contributed by atoms with van der Waals surface area (Å²) >= 11 is 0. The Balaban J connectivity index is 1.43. The van der Waals surface area contributed by atoms with Crippen LogP contribution in [-0.2, 0) is 24.3 Å². The van der Waals surface area contributed by atoms with E-state index in [-0.39, 0.29) is 11.9 Å². The van der Waals surface area contributed by atoms with E-state index in [1.807, 2.05) is 35.2 Å². The monoisotopic (exact) mass is 442 g/mol. The standard InChI is InChI=1S/C27H30N4O2/c1-19-23-14-15-25(32)31(18-20-7-4-3-5-8-20)27(23)29-26(28-19)24-9-6-16-30(24)17-21-10-12-22(33-2)13-11-21/h3-5,7-8,10-13,24H,6,9,14-18H2,1-2H3. The van der Waals surface area contributed by atoms with Crippen molar-refractivity contribution in [2.45, 2.75) is 51.7 Å². The van der Waals surface area contributed by atoms with E-state index in [2.05, 4.69) is 36.1 Å². The molecule has 0 N–H and O–H groups in total. The first-order valence-corrected chi connectivity index (χ1v) is 11.7. The maximum absolute atomic E-state index is 12.9. The highest BCUT2D eigenvalue weighted by molar-refractivity contribution is 5.95. The predicted octanol–water partition coefficient (Wildman–Crippen LogP) is 4.61. The van der Waals surface area contributed by atoms with Crippen LogP contribution in [0.5, 0.6) is 5.75 Å². The Morgan fingerprint density at radius 1 is 0.970 bits per heavy atom. The molecule has 6 nitrogen and oxygen atoms in total. The molecule has 0 bridgehead atoms. The summed E-state index contributed by atoms with van der Waals surface area (Å²) in [5.41, 5.74) is 4.46. The molecule has 1 aromatic heterocycles. The molecule has 2 aromatic carbocycles. The Bertz CT molecular complexity index is 1130. The van der Waals surface area contributed by atoms with Crippen LogP contribution in [0.1, 0.15) is 53.5 Å². The number of aromatic nitrogens is 2. The van der Waals surface area contributed by atoms with Crippen molar-refractivity contribution >= 4 is 11.7 Å². The van der Waals surface area contributed by atoms with Gasteiger partial charge in [-0.05, 0) is 56.0 Å². The summed E-state index contributed by atoms with van der Waals surface area (Å²) in [7, 11) is 1.69. The second kappa shape index (κ2) is 9.32. The molecule has 3 heterocycles. The minimum absolute atomic E-state index is 0.136. The summed E-state index contributed by atoms with van der Waals surface area (Å²) in [5.74, 6) is 2.64. The van der Waals surface area contributed by atoms with Crippen molar-refractivity contribution in [3.8, 4) is 5.75 Å². The number of fused-ring (bicyclic) bond motifs is 1. The minimum atomic E-state index is 0.136. The number of methoxy groups -OCH3 is 1. The maximum atomic E-state index is 12.9. The Hall–Kier alpha value is -3.25. The van der Waals surface area contributed by atoms with Crippen molar-refractivity contribution < 1.29 is 9.53 Å². The van der Waals surface area contributed by atoms with Gasteiger partial charge in [0.15, 0.2) is 0 Å². The van der Waals surface area contributed by atoms with E-state index in [1.54, 1.807) is 7.11 Å². The van der Waals surface area contributed by atoms with E-state index in [4.69, 9.17) is 14.7 Å². The zero-order valence-corrected chi connectivity index (χ0v) is 19.3. The highest BCUT2D eigenvalue weighted by Gasteiger charge is 2.33. The number of likely N-dealkylation sites (tertiary alicyclic amines) is 1. The number of hydrogen-bond donors (Lipinski definition) is 0. The van der Waals surface area contributed by atoms with Gasteiger partial charge in [-0.15, -0.1) is 0 Å². The first kappa shape index (κ1) is 21.6. The van der Waals surface area contributed by atoms with Crippen LogP contribution in [0.2, 0.25) is 0 Å². The third-order valence-electron chi connectivity index (χ3n) is 6.74. The van der Waals surface area contributed by atoms with Crippen LogP contribution in [-0.4, -0.2) is 34.4 Å². The lowest BCUT2D eigenvalue weighted by molar-refractivity contribution is -0.119. The molecule has 0 aliphatic carbocycles. The Kier molecular flexibility index (Phi) is 6.09. The molecule has 1 saturated heterocycles. The van der Waals surface area contributed by atoms with Gasteiger partial charge in [-0.3, -0.25) is 14.6 Å². The smallest absolute Gasteiger partial charge is 0.228 e. The molecule has 170 valence electrons. The Morgan fingerprint density at radius 2 is 1.73 bits per heavy atom. The zero-order chi connectivity index (χ0) is 22.8. The first-order chi connectivity index (χ1) is 16.1. The number of carbonyl (C=O) groups is 1. The fraction of sp³-hybridized carbons (Fsp3) is 0.370. The van der Waals surface area contributed by atoms with Crippen molar-refractivity contribution in [2.24, 2.45) is 0 Å². The van der Waals surface area contributed by atoms with Gasteiger partial charge in [0.2, 0.25) is 5.91 Å². The zero-order valence-electron chi connectivity index (χ0n) is 19.3. The summed E-state index contributed by atoms with van der Waals surface area (Å²) in [6, 6.07) is 18.5. The van der Waals surface area contributed by atoms with Gasteiger partial charge in [0.1, 0.15) is 17.4 Å². The molecule has 5 rings (SSSR count). The Morgan fingerprint density at radius 3 is 2.48 bits per heavy atom. The normalized spacial score (nSPS) is 18.4. The van der Waals surface area contributed by atoms with E-state index >= 15 is 0 Å². The van der Waals surface area contributed by atoms with Crippen molar-refractivity contribution in [2.75, 3.05) is 18.6 Å². The quantitative estimate of drug-likeness (QED) is 0.558. The summed E-state index contributed by atoms with van der Waals surface area (Å²) in [4.78, 5) is 27.2. The van der Waals surface area contributed by atoms with Crippen molar-refractivity contribution in [1.82, 2.24) is 14.9 Å². The van der Waals surface area contributed by atoms with Gasteiger partial charge in [-0.2, -0.15) is 0 Å². The Labute approximate surface area is 195 Å². The molecule has 0 saturated carbocycles. The fourth-order valence-corrected chi connectivity index (χ4v) is 4.95. The number of rotatable bonds is 6. The first-order valence-electron chi connectivity index (χ1n) is 11.7. The summed E-state index contributed by atoms with van der Waals surface area (Å²) in [6.07, 6.45) is 3.37. The highest BCUT2D eigenvalue weighted by Crippen LogP contribution is 2.35. The molecule has 1 unspecified atom stereocenters. The molecule has 1 fully saturated rings. The average Bonchev–Trinajstić information content (AvgIpc) is 3.30. The van der Waals surface area contributed by atoms with Gasteiger partial charge in [0.25, 0.3) is 0 Å². The minimum Gasteiger partial charge on any atom is -0.497 e. The number of aryl methyl sites for hydroxylation is 1. The van der Waals surface area contributed by atoms with Crippen LogP contribution >= 0.6 is 0 Å². The number of anilines is 1. The van der Waals surface area contributed by atoms with Gasteiger partial charge in [-0.1, -0.05) is 42.5 Å². The molecule has 2 aliphatic rings. The number of carbonyl (C=O) groups excluding carboxylic acids is 1. The summed E-state index contributed by atoms with van der Waals surface area (Å²) in [6.45, 7) is 4.47. The van der Waals surface area contributed by atoms with E-state index in [0.717, 1.165) is 60.1 Å². The van der Waals surface area contributed by atoms with E-state index in [1.165, 1.54) is 5.56 Å².